The predicted octanol–water partition coefficient (Wildman–Crippen LogP) is 8.79. The summed E-state index contributed by atoms with van der Waals surface area (Å²) in [5.41, 5.74) is 2.45. The molecule has 0 saturated heterocycles. The van der Waals surface area contributed by atoms with Gasteiger partial charge < -0.3 is 9.47 Å². The highest BCUT2D eigenvalue weighted by molar-refractivity contribution is 6.30. The van der Waals surface area contributed by atoms with Crippen LogP contribution in [0.25, 0.3) is 0 Å². The van der Waals surface area contributed by atoms with Gasteiger partial charge in [0, 0.05) is 17.3 Å². The van der Waals surface area contributed by atoms with Crippen molar-refractivity contribution in [2.75, 3.05) is 6.79 Å². The Morgan fingerprint density at radius 2 is 1.58 bits per heavy atom. The third kappa shape index (κ3) is 10.7. The van der Waals surface area contributed by atoms with Crippen LogP contribution < -0.4 is 9.47 Å². The van der Waals surface area contributed by atoms with E-state index in [0.717, 1.165) is 40.6 Å². The lowest BCUT2D eigenvalue weighted by atomic mass is 10.0. The molecule has 0 amide bonds. The second-order valence-electron chi connectivity index (χ2n) is 9.08. The number of hydrogen-bond donors (Lipinski definition) is 0. The number of nitrogens with zero attached hydrogens (tertiary/aromatic N) is 1. The van der Waals surface area contributed by atoms with E-state index in [2.05, 4.69) is 31.0 Å². The van der Waals surface area contributed by atoms with Crippen molar-refractivity contribution in [3.8, 4) is 11.5 Å². The molecule has 3 aromatic rings. The molecular weight excluding hydrogens is 487 g/mol. The fraction of sp³-hybridized carbons (Fsp3) is 0.345. The molecule has 7 heteroatoms. The lowest BCUT2D eigenvalue weighted by Gasteiger charge is -2.05. The molecule has 0 unspecified atom stereocenters. The molecule has 0 N–H and O–H groups in total. The van der Waals surface area contributed by atoms with E-state index >= 15 is 0 Å². The molecule has 3 nitrogen and oxygen atoms in total. The number of alkyl halides is 3. The zero-order valence-electron chi connectivity index (χ0n) is 21.3. The molecule has 0 aromatic heterocycles. The van der Waals surface area contributed by atoms with Gasteiger partial charge in [-0.3, -0.25) is 4.99 Å². The van der Waals surface area contributed by atoms with E-state index in [0.29, 0.717) is 24.3 Å². The third-order valence-corrected chi connectivity index (χ3v) is 5.07. The minimum absolute atomic E-state index is 0.348. The highest BCUT2D eigenvalue weighted by atomic mass is 35.5. The van der Waals surface area contributed by atoms with Gasteiger partial charge in [0.05, 0.1) is 5.56 Å². The van der Waals surface area contributed by atoms with Crippen molar-refractivity contribution in [3.63, 3.8) is 0 Å². The van der Waals surface area contributed by atoms with E-state index in [9.17, 15) is 13.2 Å². The first kappa shape index (κ1) is 29.2. The third-order valence-electron chi connectivity index (χ3n) is 4.82. The average molecular weight is 520 g/mol. The molecule has 3 aromatic carbocycles. The minimum Gasteiger partial charge on any atom is -0.454 e. The Labute approximate surface area is 216 Å². The van der Waals surface area contributed by atoms with Crippen LogP contribution in [0.3, 0.4) is 0 Å². The molecule has 4 rings (SSSR count). The molecule has 0 aliphatic carbocycles. The fourth-order valence-corrected chi connectivity index (χ4v) is 3.27. The Morgan fingerprint density at radius 1 is 0.917 bits per heavy atom. The maximum atomic E-state index is 12.0. The monoisotopic (exact) mass is 519 g/mol. The van der Waals surface area contributed by atoms with Crippen molar-refractivity contribution in [1.82, 2.24) is 0 Å². The number of benzene rings is 3. The summed E-state index contributed by atoms with van der Waals surface area (Å²) in [4.78, 5) is 4.26. The summed E-state index contributed by atoms with van der Waals surface area (Å²) in [7, 11) is 0. The van der Waals surface area contributed by atoms with Crippen LogP contribution in [0.5, 0.6) is 11.5 Å². The highest BCUT2D eigenvalue weighted by Gasteiger charge is 2.29. The van der Waals surface area contributed by atoms with Gasteiger partial charge >= 0.3 is 6.18 Å². The summed E-state index contributed by atoms with van der Waals surface area (Å²) >= 11 is 5.73. The SMILES string of the molecule is CC(C)Cc1ccc2c(c1)OCO2.CC(C)N=Cc1ccc(Cl)cc1.Cc1cccc(C(F)(F)F)c1. The van der Waals surface area contributed by atoms with Crippen LogP contribution >= 0.6 is 11.6 Å². The number of rotatable bonds is 4. The van der Waals surface area contributed by atoms with Crippen molar-refractivity contribution in [1.29, 1.82) is 0 Å². The normalized spacial score (nSPS) is 12.3. The number of fused-ring (bicyclic) bond motifs is 1. The van der Waals surface area contributed by atoms with Gasteiger partial charge in [-0.15, -0.1) is 0 Å². The molecule has 0 spiro atoms. The molecule has 194 valence electrons. The van der Waals surface area contributed by atoms with Crippen LogP contribution in [0.15, 0.2) is 71.7 Å². The van der Waals surface area contributed by atoms with Crippen molar-refractivity contribution in [2.45, 2.75) is 53.3 Å². The topological polar surface area (TPSA) is 30.8 Å². The van der Waals surface area contributed by atoms with Gasteiger partial charge in [-0.2, -0.15) is 13.2 Å². The highest BCUT2D eigenvalue weighted by Crippen LogP contribution is 2.33. The van der Waals surface area contributed by atoms with E-state index in [1.165, 1.54) is 11.6 Å². The Hall–Kier alpha value is -2.99. The van der Waals surface area contributed by atoms with Crippen molar-refractivity contribution >= 4 is 17.8 Å². The average Bonchev–Trinajstić information content (AvgIpc) is 3.26. The Balaban J connectivity index is 0.000000191. The smallest absolute Gasteiger partial charge is 0.416 e. The van der Waals surface area contributed by atoms with Gasteiger partial charge in [-0.1, -0.05) is 67.4 Å². The number of hydrogen-bond acceptors (Lipinski definition) is 3. The summed E-state index contributed by atoms with van der Waals surface area (Å²) in [6, 6.07) is 19.4. The summed E-state index contributed by atoms with van der Waals surface area (Å²) in [6.07, 6.45) is -1.26. The van der Waals surface area contributed by atoms with Gasteiger partial charge in [0.1, 0.15) is 0 Å². The summed E-state index contributed by atoms with van der Waals surface area (Å²) in [6.45, 7) is 10.5. The fourth-order valence-electron chi connectivity index (χ4n) is 3.14. The van der Waals surface area contributed by atoms with Gasteiger partial charge in [-0.25, -0.2) is 0 Å². The van der Waals surface area contributed by atoms with Crippen LogP contribution in [-0.2, 0) is 12.6 Å². The predicted molar refractivity (Wildman–Crippen MR) is 141 cm³/mol. The maximum absolute atomic E-state index is 12.0. The molecule has 36 heavy (non-hydrogen) atoms. The number of ether oxygens (including phenoxy) is 2. The molecule has 1 aliphatic rings. The standard InChI is InChI=1S/C11H14O2.C10H12ClN.C8H7F3/c1-8(2)5-9-3-4-10-11(6-9)13-7-12-10;1-8(2)12-7-9-3-5-10(11)6-4-9;1-6-3-2-4-7(5-6)8(9,10)11/h3-4,6,8H,5,7H2,1-2H3;3-8H,1-2H3;2-5H,1H3. The Morgan fingerprint density at radius 3 is 2.14 bits per heavy atom. The van der Waals surface area contributed by atoms with Crippen molar-refractivity contribution in [2.24, 2.45) is 10.9 Å². The van der Waals surface area contributed by atoms with Gasteiger partial charge in [0.2, 0.25) is 6.79 Å². The largest absolute Gasteiger partial charge is 0.454 e. The van der Waals surface area contributed by atoms with E-state index < -0.39 is 11.7 Å². The number of aryl methyl sites for hydroxylation is 1. The zero-order valence-corrected chi connectivity index (χ0v) is 22.0. The van der Waals surface area contributed by atoms with Gasteiger partial charge in [0.15, 0.2) is 11.5 Å². The number of aliphatic imine (C=N–C) groups is 1. The van der Waals surface area contributed by atoms with Crippen LogP contribution in [0.2, 0.25) is 5.02 Å². The van der Waals surface area contributed by atoms with Crippen LogP contribution in [0.4, 0.5) is 13.2 Å². The molecular formula is C29H33ClF3NO2. The zero-order chi connectivity index (χ0) is 26.7. The van der Waals surface area contributed by atoms with E-state index in [-0.39, 0.29) is 0 Å². The summed E-state index contributed by atoms with van der Waals surface area (Å²) < 4.78 is 46.4. The first-order valence-electron chi connectivity index (χ1n) is 11.7. The first-order valence-corrected chi connectivity index (χ1v) is 12.1. The molecule has 1 aliphatic heterocycles. The Kier molecular flexibility index (Phi) is 11.3. The lowest BCUT2D eigenvalue weighted by molar-refractivity contribution is -0.137. The van der Waals surface area contributed by atoms with E-state index in [4.69, 9.17) is 21.1 Å². The van der Waals surface area contributed by atoms with Crippen LogP contribution in [0.1, 0.15) is 49.9 Å². The number of halogens is 4. The lowest BCUT2D eigenvalue weighted by Crippen LogP contribution is -2.04. The molecule has 0 atom stereocenters. The summed E-state index contributed by atoms with van der Waals surface area (Å²) in [5, 5.41) is 0.761. The van der Waals surface area contributed by atoms with Crippen molar-refractivity contribution < 1.29 is 22.6 Å². The Bertz CT molecular complexity index is 1110. The second kappa shape index (κ2) is 13.9. The van der Waals surface area contributed by atoms with Crippen molar-refractivity contribution in [3.05, 3.63) is 94.0 Å². The first-order chi connectivity index (χ1) is 16.9. The van der Waals surface area contributed by atoms with Crippen LogP contribution in [0, 0.1) is 12.8 Å². The van der Waals surface area contributed by atoms with E-state index in [1.54, 1.807) is 13.0 Å². The molecule has 0 saturated carbocycles. The minimum atomic E-state index is -4.22. The van der Waals surface area contributed by atoms with E-state index in [1.807, 2.05) is 50.4 Å². The van der Waals surface area contributed by atoms with Gasteiger partial charge in [0.25, 0.3) is 0 Å². The van der Waals surface area contributed by atoms with Crippen LogP contribution in [-0.4, -0.2) is 19.0 Å². The second-order valence-corrected chi connectivity index (χ2v) is 9.51. The molecule has 1 heterocycles. The van der Waals surface area contributed by atoms with Gasteiger partial charge in [-0.05, 0) is 74.6 Å². The molecule has 0 fully saturated rings. The summed E-state index contributed by atoms with van der Waals surface area (Å²) in [5.74, 6) is 2.44. The quantitative estimate of drug-likeness (QED) is 0.322. The maximum Gasteiger partial charge on any atom is 0.416 e. The molecule has 0 bridgehead atoms. The molecule has 0 radical (unpaired) electrons.